The van der Waals surface area contributed by atoms with Crippen molar-refractivity contribution in [1.82, 2.24) is 4.90 Å². The highest BCUT2D eigenvalue weighted by molar-refractivity contribution is 5.84. The molecule has 0 bridgehead atoms. The van der Waals surface area contributed by atoms with Crippen molar-refractivity contribution in [2.75, 3.05) is 13.1 Å². The van der Waals surface area contributed by atoms with Gasteiger partial charge >= 0.3 is 0 Å². The van der Waals surface area contributed by atoms with Crippen LogP contribution in [0.4, 0.5) is 0 Å². The number of carbonyl (C=O) groups excluding carboxylic acids is 1. The van der Waals surface area contributed by atoms with E-state index in [9.17, 15) is 4.79 Å². The lowest BCUT2D eigenvalue weighted by molar-refractivity contribution is -0.136. The van der Waals surface area contributed by atoms with Gasteiger partial charge in [0.15, 0.2) is 0 Å². The van der Waals surface area contributed by atoms with E-state index in [4.69, 9.17) is 11.5 Å². The number of hydrogen-bond acceptors (Lipinski definition) is 3. The van der Waals surface area contributed by atoms with Crippen LogP contribution >= 0.6 is 0 Å². The van der Waals surface area contributed by atoms with Gasteiger partial charge in [-0.2, -0.15) is 0 Å². The molecule has 4 N–H and O–H groups in total. The summed E-state index contributed by atoms with van der Waals surface area (Å²) >= 11 is 0. The minimum atomic E-state index is -1.27. The molecule has 0 fully saturated rings. The quantitative estimate of drug-likeness (QED) is 0.0474. The average molecular weight is 578 g/mol. The molecule has 0 saturated carbocycles. The van der Waals surface area contributed by atoms with Crippen LogP contribution in [0.15, 0.2) is 12.2 Å². The van der Waals surface area contributed by atoms with E-state index in [0.29, 0.717) is 0 Å². The maximum atomic E-state index is 12.8. The first-order valence-corrected chi connectivity index (χ1v) is 18.5. The summed E-state index contributed by atoms with van der Waals surface area (Å²) in [5, 5.41) is 0. The van der Waals surface area contributed by atoms with Crippen molar-refractivity contribution < 1.29 is 4.79 Å². The molecule has 0 saturated heterocycles. The summed E-state index contributed by atoms with van der Waals surface area (Å²) in [6.07, 6.45) is 41.8. The maximum absolute atomic E-state index is 12.8. The van der Waals surface area contributed by atoms with Crippen molar-refractivity contribution in [1.29, 1.82) is 0 Å². The van der Waals surface area contributed by atoms with Crippen LogP contribution in [0.25, 0.3) is 0 Å². The summed E-state index contributed by atoms with van der Waals surface area (Å²) in [4.78, 5) is 14.7. The van der Waals surface area contributed by atoms with Crippen LogP contribution in [-0.4, -0.2) is 29.6 Å². The van der Waals surface area contributed by atoms with Gasteiger partial charge in [0, 0.05) is 13.1 Å². The minimum Gasteiger partial charge on any atom is -0.340 e. The predicted octanol–water partition coefficient (Wildman–Crippen LogP) is 11.0. The third-order valence-electron chi connectivity index (χ3n) is 8.47. The standard InChI is InChI=1S/C37H75N3O/c1-4-6-8-10-12-14-16-18-20-21-23-25-27-29-31-33-35-40(36(41)37(3,38)39)34-32-30-28-26-24-22-19-17-15-13-11-9-7-5-2/h18,20H,4-17,19,21-35,38-39H2,1-3H3. The number of nitrogens with two attached hydrogens (primary N) is 2. The number of unbranched alkanes of at least 4 members (excludes halogenated alkanes) is 25. The smallest absolute Gasteiger partial charge is 0.256 e. The fourth-order valence-corrected chi connectivity index (χ4v) is 5.70. The van der Waals surface area contributed by atoms with Gasteiger partial charge in [0.25, 0.3) is 5.91 Å². The van der Waals surface area contributed by atoms with Crippen LogP contribution in [0, 0.1) is 0 Å². The Balaban J connectivity index is 3.78. The number of nitrogens with zero attached hydrogens (tertiary/aromatic N) is 1. The van der Waals surface area contributed by atoms with Crippen molar-refractivity contribution in [2.45, 2.75) is 206 Å². The Labute approximate surface area is 258 Å². The zero-order valence-electron chi connectivity index (χ0n) is 28.4. The van der Waals surface area contributed by atoms with Crippen molar-refractivity contribution in [3.8, 4) is 0 Å². The van der Waals surface area contributed by atoms with Gasteiger partial charge < -0.3 is 16.4 Å². The van der Waals surface area contributed by atoms with Crippen LogP contribution in [0.3, 0.4) is 0 Å². The van der Waals surface area contributed by atoms with Gasteiger partial charge in [-0.15, -0.1) is 0 Å². The average Bonchev–Trinajstić information content (AvgIpc) is 2.95. The zero-order valence-corrected chi connectivity index (χ0v) is 28.4. The molecular weight excluding hydrogens is 502 g/mol. The second kappa shape index (κ2) is 30.6. The highest BCUT2D eigenvalue weighted by Gasteiger charge is 2.27. The number of rotatable bonds is 32. The van der Waals surface area contributed by atoms with Crippen molar-refractivity contribution in [2.24, 2.45) is 11.5 Å². The molecule has 0 aromatic heterocycles. The highest BCUT2D eigenvalue weighted by Crippen LogP contribution is 2.15. The molecule has 0 aromatic rings. The summed E-state index contributed by atoms with van der Waals surface area (Å²) in [5.41, 5.74) is 10.7. The fraction of sp³-hybridized carbons (Fsp3) is 0.919. The summed E-state index contributed by atoms with van der Waals surface area (Å²) in [6.45, 7) is 7.79. The summed E-state index contributed by atoms with van der Waals surface area (Å²) in [7, 11) is 0. The van der Waals surface area contributed by atoms with Crippen LogP contribution in [0.2, 0.25) is 0 Å². The van der Waals surface area contributed by atoms with Crippen molar-refractivity contribution in [3.05, 3.63) is 12.2 Å². The predicted molar refractivity (Wildman–Crippen MR) is 183 cm³/mol. The van der Waals surface area contributed by atoms with Gasteiger partial charge in [-0.3, -0.25) is 4.79 Å². The largest absolute Gasteiger partial charge is 0.340 e. The van der Waals surface area contributed by atoms with E-state index in [-0.39, 0.29) is 5.91 Å². The second-order valence-electron chi connectivity index (χ2n) is 13.1. The Morgan fingerprint density at radius 2 is 0.756 bits per heavy atom. The fourth-order valence-electron chi connectivity index (χ4n) is 5.70. The minimum absolute atomic E-state index is 0.0973. The van der Waals surface area contributed by atoms with Crippen LogP contribution < -0.4 is 11.5 Å². The Morgan fingerprint density at radius 3 is 1.05 bits per heavy atom. The Bertz CT molecular complexity index is 569. The van der Waals surface area contributed by atoms with E-state index in [1.54, 1.807) is 6.92 Å². The Kier molecular flexibility index (Phi) is 29.9. The number of amides is 1. The topological polar surface area (TPSA) is 72.3 Å². The first-order valence-electron chi connectivity index (χ1n) is 18.5. The SMILES string of the molecule is CCCCCCCCC=CCCCCCCCCN(CCCCCCCCCCCCCCCC)C(=O)C(C)(N)N. The first-order chi connectivity index (χ1) is 19.9. The van der Waals surface area contributed by atoms with Gasteiger partial charge in [-0.1, -0.05) is 167 Å². The van der Waals surface area contributed by atoms with Gasteiger partial charge in [-0.25, -0.2) is 0 Å². The number of allylic oxidation sites excluding steroid dienone is 2. The summed E-state index contributed by atoms with van der Waals surface area (Å²) in [5.74, 6) is -0.0973. The molecule has 4 nitrogen and oxygen atoms in total. The third kappa shape index (κ3) is 29.0. The molecule has 0 aromatic carbocycles. The van der Waals surface area contributed by atoms with E-state index in [1.165, 1.54) is 167 Å². The van der Waals surface area contributed by atoms with E-state index in [2.05, 4.69) is 26.0 Å². The molecule has 244 valence electrons. The lowest BCUT2D eigenvalue weighted by atomic mass is 10.0. The normalized spacial score (nSPS) is 12.0. The zero-order chi connectivity index (χ0) is 30.3. The molecule has 0 aliphatic carbocycles. The lowest BCUT2D eigenvalue weighted by Crippen LogP contribution is -2.59. The third-order valence-corrected chi connectivity index (χ3v) is 8.47. The molecule has 4 heteroatoms. The molecule has 0 spiro atoms. The summed E-state index contributed by atoms with van der Waals surface area (Å²) < 4.78 is 0. The van der Waals surface area contributed by atoms with Crippen molar-refractivity contribution in [3.63, 3.8) is 0 Å². The van der Waals surface area contributed by atoms with E-state index < -0.39 is 5.66 Å². The van der Waals surface area contributed by atoms with Gasteiger partial charge in [0.1, 0.15) is 5.66 Å². The molecule has 0 atom stereocenters. The number of hydrogen-bond donors (Lipinski definition) is 2. The molecule has 0 radical (unpaired) electrons. The second-order valence-corrected chi connectivity index (χ2v) is 13.1. The molecule has 0 rings (SSSR count). The van der Waals surface area contributed by atoms with Gasteiger partial charge in [0.05, 0.1) is 0 Å². The molecule has 0 heterocycles. The first kappa shape index (κ1) is 40.1. The lowest BCUT2D eigenvalue weighted by Gasteiger charge is -2.29. The molecule has 0 aliphatic heterocycles. The van der Waals surface area contributed by atoms with Crippen LogP contribution in [0.5, 0.6) is 0 Å². The molecule has 0 unspecified atom stereocenters. The summed E-state index contributed by atoms with van der Waals surface area (Å²) in [6, 6.07) is 0. The highest BCUT2D eigenvalue weighted by atomic mass is 16.2. The van der Waals surface area contributed by atoms with Gasteiger partial charge in [-0.05, 0) is 45.4 Å². The van der Waals surface area contributed by atoms with E-state index in [0.717, 1.165) is 25.9 Å². The van der Waals surface area contributed by atoms with Gasteiger partial charge in [0.2, 0.25) is 0 Å². The molecule has 1 amide bonds. The maximum Gasteiger partial charge on any atom is 0.256 e. The Morgan fingerprint density at radius 1 is 0.488 bits per heavy atom. The van der Waals surface area contributed by atoms with E-state index >= 15 is 0 Å². The van der Waals surface area contributed by atoms with E-state index in [1.807, 2.05) is 4.90 Å². The van der Waals surface area contributed by atoms with Crippen molar-refractivity contribution >= 4 is 5.91 Å². The van der Waals surface area contributed by atoms with Crippen LogP contribution in [-0.2, 0) is 4.79 Å². The molecule has 41 heavy (non-hydrogen) atoms. The number of carbonyl (C=O) groups is 1. The molecule has 0 aliphatic rings. The Hall–Kier alpha value is -0.870. The molecular formula is C37H75N3O. The monoisotopic (exact) mass is 578 g/mol. The van der Waals surface area contributed by atoms with Crippen LogP contribution in [0.1, 0.15) is 201 Å².